The molecule has 0 fully saturated rings. The van der Waals surface area contributed by atoms with Crippen LogP contribution in [0.25, 0.3) is 22.3 Å². The van der Waals surface area contributed by atoms with Gasteiger partial charge in [0.1, 0.15) is 39.9 Å². The van der Waals surface area contributed by atoms with E-state index in [1.165, 1.54) is 13.2 Å². The van der Waals surface area contributed by atoms with Crippen molar-refractivity contribution in [2.75, 3.05) is 7.11 Å². The Hall–Kier alpha value is -4.74. The molecule has 2 aromatic carbocycles. The molecule has 1 aliphatic heterocycles. The summed E-state index contributed by atoms with van der Waals surface area (Å²) in [6.07, 6.45) is -1.17. The number of benzene rings is 2. The van der Waals surface area contributed by atoms with Crippen LogP contribution >= 0.6 is 0 Å². The lowest BCUT2D eigenvalue weighted by atomic mass is 9.92. The van der Waals surface area contributed by atoms with E-state index in [2.05, 4.69) is 5.32 Å². The number of phenols is 1. The van der Waals surface area contributed by atoms with Gasteiger partial charge in [0.05, 0.1) is 7.11 Å². The molecular weight excluding hydrogens is 514 g/mol. The van der Waals surface area contributed by atoms with Gasteiger partial charge >= 0.3 is 18.0 Å². The molecule has 0 saturated heterocycles. The van der Waals surface area contributed by atoms with E-state index in [1.54, 1.807) is 24.3 Å². The molecule has 39 heavy (non-hydrogen) atoms. The number of amides is 1. The maximum atomic E-state index is 13.7. The summed E-state index contributed by atoms with van der Waals surface area (Å²) in [5.41, 5.74) is -0.431. The van der Waals surface area contributed by atoms with Crippen molar-refractivity contribution in [2.45, 2.75) is 51.2 Å². The minimum Gasteiger partial charge on any atom is -0.507 e. The summed E-state index contributed by atoms with van der Waals surface area (Å²) < 4.78 is 22.6. The zero-order valence-corrected chi connectivity index (χ0v) is 21.4. The van der Waals surface area contributed by atoms with Crippen molar-refractivity contribution in [3.63, 3.8) is 0 Å². The summed E-state index contributed by atoms with van der Waals surface area (Å²) in [4.78, 5) is 48.7. The number of carbonyl (C=O) groups excluding carboxylic acids is 1. The molecule has 12 nitrogen and oxygen atoms in total. The van der Waals surface area contributed by atoms with Crippen LogP contribution in [0.3, 0.4) is 0 Å². The number of aromatic hydroxyl groups is 1. The normalized spacial score (nSPS) is 14.5. The van der Waals surface area contributed by atoms with Crippen molar-refractivity contribution < 1.29 is 48.3 Å². The van der Waals surface area contributed by atoms with Crippen LogP contribution in [0.1, 0.15) is 38.7 Å². The molecular formula is C27H27NO11. The van der Waals surface area contributed by atoms with Gasteiger partial charge in [-0.05, 0) is 57.4 Å². The fraction of sp³-hybridized carbons (Fsp3) is 0.333. The molecule has 1 aliphatic rings. The van der Waals surface area contributed by atoms with Gasteiger partial charge in [-0.1, -0.05) is 0 Å². The van der Waals surface area contributed by atoms with Gasteiger partial charge in [-0.3, -0.25) is 9.59 Å². The van der Waals surface area contributed by atoms with Gasteiger partial charge in [0, 0.05) is 23.6 Å². The van der Waals surface area contributed by atoms with Crippen LogP contribution in [-0.4, -0.2) is 52.1 Å². The van der Waals surface area contributed by atoms with E-state index in [-0.39, 0.29) is 16.7 Å². The highest BCUT2D eigenvalue weighted by Crippen LogP contribution is 2.43. The van der Waals surface area contributed by atoms with Crippen LogP contribution in [0.5, 0.6) is 23.0 Å². The van der Waals surface area contributed by atoms with Crippen LogP contribution < -0.4 is 25.0 Å². The molecule has 1 aromatic heterocycles. The lowest BCUT2D eigenvalue weighted by molar-refractivity contribution is -0.140. The van der Waals surface area contributed by atoms with Crippen LogP contribution in [0.2, 0.25) is 0 Å². The molecule has 4 rings (SSSR count). The lowest BCUT2D eigenvalue weighted by Crippen LogP contribution is -2.43. The first-order valence-corrected chi connectivity index (χ1v) is 12.0. The first-order chi connectivity index (χ1) is 18.4. The zero-order chi connectivity index (χ0) is 28.5. The molecule has 1 atom stereocenters. The Morgan fingerprint density at radius 1 is 1.15 bits per heavy atom. The van der Waals surface area contributed by atoms with Gasteiger partial charge in [-0.25, -0.2) is 9.59 Å². The summed E-state index contributed by atoms with van der Waals surface area (Å²) in [7, 11) is 1.48. The Morgan fingerprint density at radius 2 is 1.85 bits per heavy atom. The smallest absolute Gasteiger partial charge is 0.413 e. The zero-order valence-electron chi connectivity index (χ0n) is 21.4. The van der Waals surface area contributed by atoms with Crippen LogP contribution in [0.4, 0.5) is 4.79 Å². The van der Waals surface area contributed by atoms with Gasteiger partial charge in [0.2, 0.25) is 11.2 Å². The number of rotatable bonds is 8. The molecule has 1 amide bonds. The summed E-state index contributed by atoms with van der Waals surface area (Å²) in [6, 6.07) is 6.04. The second-order valence-electron chi connectivity index (χ2n) is 9.61. The Kier molecular flexibility index (Phi) is 7.39. The average Bonchev–Trinajstić information content (AvgIpc) is 2.86. The largest absolute Gasteiger partial charge is 0.507 e. The highest BCUT2D eigenvalue weighted by molar-refractivity contribution is 5.92. The topological polar surface area (TPSA) is 182 Å². The summed E-state index contributed by atoms with van der Waals surface area (Å²) >= 11 is 0. The van der Waals surface area contributed by atoms with E-state index in [0.717, 1.165) is 0 Å². The molecule has 0 saturated carbocycles. The first kappa shape index (κ1) is 27.3. The number of aryl methyl sites for hydroxylation is 1. The minimum atomic E-state index is -1.59. The van der Waals surface area contributed by atoms with Crippen LogP contribution in [0.15, 0.2) is 39.5 Å². The van der Waals surface area contributed by atoms with E-state index in [9.17, 15) is 29.4 Å². The molecule has 0 spiro atoms. The summed E-state index contributed by atoms with van der Waals surface area (Å²) in [5, 5.41) is 30.8. The lowest BCUT2D eigenvalue weighted by Gasteiger charge is -2.32. The fourth-order valence-electron chi connectivity index (χ4n) is 4.28. The molecule has 0 bridgehead atoms. The number of phenolic OH excluding ortho intramolecular Hbond substituents is 1. The van der Waals surface area contributed by atoms with E-state index in [1.807, 2.05) is 13.8 Å². The number of fused-ring (bicyclic) bond motifs is 3. The van der Waals surface area contributed by atoms with E-state index < -0.39 is 59.4 Å². The highest BCUT2D eigenvalue weighted by atomic mass is 16.6. The van der Waals surface area contributed by atoms with Gasteiger partial charge in [0.15, 0.2) is 5.76 Å². The predicted molar refractivity (Wildman–Crippen MR) is 137 cm³/mol. The van der Waals surface area contributed by atoms with Crippen molar-refractivity contribution >= 4 is 29.0 Å². The third-order valence-electron chi connectivity index (χ3n) is 6.31. The average molecular weight is 542 g/mol. The summed E-state index contributed by atoms with van der Waals surface area (Å²) in [6.45, 7) is 3.79. The Balaban J connectivity index is 1.84. The molecule has 0 unspecified atom stereocenters. The molecule has 0 aliphatic carbocycles. The standard InChI is InChI=1S/C27H27NO11/c1-27(2)11-10-15-18(39-27)12-17(29)20-21(32)24(38-26(35)28-16(25(33)34)8-9-19(30)31)22(37-23(15)20)13-4-6-14(36-3)7-5-13/h4-7,12,16,29H,8-11H2,1-3H3,(H,28,35)(H,30,31)(H,33,34)/t16-/m0/s1. The van der Waals surface area contributed by atoms with Gasteiger partial charge < -0.3 is 39.3 Å². The third kappa shape index (κ3) is 5.74. The van der Waals surface area contributed by atoms with Crippen molar-refractivity contribution in [1.29, 1.82) is 0 Å². The van der Waals surface area contributed by atoms with Crippen molar-refractivity contribution in [1.82, 2.24) is 5.32 Å². The quantitative estimate of drug-likeness (QED) is 0.326. The van der Waals surface area contributed by atoms with Crippen molar-refractivity contribution in [3.8, 4) is 34.3 Å². The number of hydrogen-bond acceptors (Lipinski definition) is 9. The number of ether oxygens (including phenoxy) is 3. The fourth-order valence-corrected chi connectivity index (χ4v) is 4.28. The second-order valence-corrected chi connectivity index (χ2v) is 9.61. The maximum Gasteiger partial charge on any atom is 0.413 e. The Bertz CT molecular complexity index is 1510. The Labute approximate surface area is 221 Å². The number of hydrogen-bond donors (Lipinski definition) is 4. The highest BCUT2D eigenvalue weighted by Gasteiger charge is 2.32. The van der Waals surface area contributed by atoms with Crippen LogP contribution in [-0.2, 0) is 16.0 Å². The molecule has 206 valence electrons. The number of carboxylic acid groups (broad SMARTS) is 2. The first-order valence-electron chi connectivity index (χ1n) is 12.0. The van der Waals surface area contributed by atoms with Crippen LogP contribution in [0, 0.1) is 0 Å². The van der Waals surface area contributed by atoms with Crippen molar-refractivity contribution in [2.24, 2.45) is 0 Å². The molecule has 2 heterocycles. The van der Waals surface area contributed by atoms with E-state index in [4.69, 9.17) is 23.7 Å². The van der Waals surface area contributed by atoms with Gasteiger partial charge in [0.25, 0.3) is 0 Å². The minimum absolute atomic E-state index is 0.0638. The van der Waals surface area contributed by atoms with E-state index >= 15 is 0 Å². The summed E-state index contributed by atoms with van der Waals surface area (Å²) in [5.74, 6) is -3.07. The molecule has 4 N–H and O–H groups in total. The molecule has 3 aromatic rings. The monoisotopic (exact) mass is 541 g/mol. The van der Waals surface area contributed by atoms with Gasteiger partial charge in [-0.15, -0.1) is 0 Å². The number of nitrogens with one attached hydrogen (secondary N) is 1. The van der Waals surface area contributed by atoms with E-state index in [0.29, 0.717) is 35.5 Å². The number of methoxy groups -OCH3 is 1. The SMILES string of the molecule is COc1ccc(-c2oc3c4c(cc(O)c3c(=O)c2OC(=O)N[C@@H](CCC(=O)O)C(=O)O)OC(C)(C)CC4)cc1. The van der Waals surface area contributed by atoms with Gasteiger partial charge in [-0.2, -0.15) is 0 Å². The van der Waals surface area contributed by atoms with Crippen molar-refractivity contribution in [3.05, 3.63) is 46.1 Å². The number of carboxylic acids is 2. The predicted octanol–water partition coefficient (Wildman–Crippen LogP) is 3.68. The number of carbonyl (C=O) groups is 3. The molecule has 12 heteroatoms. The second kappa shape index (κ2) is 10.6. The number of aliphatic carboxylic acids is 2. The Morgan fingerprint density at radius 3 is 2.46 bits per heavy atom. The molecule has 0 radical (unpaired) electrons. The third-order valence-corrected chi connectivity index (χ3v) is 6.31. The maximum absolute atomic E-state index is 13.7.